The largest absolute Gasteiger partial charge is 0.445 e. The second kappa shape index (κ2) is 45.1. The maximum Gasteiger partial charge on any atom is 0.410 e. The molecular weight excluding hydrogens is 1270 g/mol. The van der Waals surface area contributed by atoms with Crippen molar-refractivity contribution in [2.45, 2.75) is 182 Å². The van der Waals surface area contributed by atoms with Gasteiger partial charge in [-0.1, -0.05) is 123 Å². The number of likely N-dealkylation sites (tertiary alicyclic amines) is 1. The average molecular weight is 1380 g/mol. The van der Waals surface area contributed by atoms with Crippen LogP contribution in [0.15, 0.2) is 59.7 Å². The van der Waals surface area contributed by atoms with Gasteiger partial charge in [-0.3, -0.25) is 38.5 Å². The fraction of sp³-hybridized carbons (Fsp3) is 0.696. The van der Waals surface area contributed by atoms with Crippen molar-refractivity contribution in [2.75, 3.05) is 99.0 Å². The van der Waals surface area contributed by atoms with Crippen LogP contribution in [-0.4, -0.2) is 215 Å². The monoisotopic (exact) mass is 1380 g/mol. The number of methoxy groups -OCH3 is 1. The van der Waals surface area contributed by atoms with Gasteiger partial charge in [0.15, 0.2) is 0 Å². The summed E-state index contributed by atoms with van der Waals surface area (Å²) >= 11 is 0. The van der Waals surface area contributed by atoms with Crippen molar-refractivity contribution in [1.82, 2.24) is 41.3 Å². The van der Waals surface area contributed by atoms with E-state index in [9.17, 15) is 48.3 Å². The van der Waals surface area contributed by atoms with Gasteiger partial charge in [0, 0.05) is 70.3 Å². The highest BCUT2D eigenvalue weighted by molar-refractivity contribution is 5.98. The second-order valence-corrected chi connectivity index (χ2v) is 26.2. The molecule has 0 spiro atoms. The lowest BCUT2D eigenvalue weighted by Gasteiger charge is -2.41. The first-order valence-electron chi connectivity index (χ1n) is 34.3. The van der Waals surface area contributed by atoms with E-state index in [0.717, 1.165) is 6.42 Å². The number of azide groups is 1. The van der Waals surface area contributed by atoms with Crippen molar-refractivity contribution in [1.29, 1.82) is 0 Å². The number of rotatable bonds is 46. The Morgan fingerprint density at radius 1 is 0.714 bits per heavy atom. The van der Waals surface area contributed by atoms with E-state index in [1.54, 1.807) is 94.8 Å². The molecule has 1 aliphatic rings. The summed E-state index contributed by atoms with van der Waals surface area (Å²) in [5, 5.41) is 31.0. The van der Waals surface area contributed by atoms with Crippen LogP contribution in [-0.2, 0) is 68.6 Å². The highest BCUT2D eigenvalue weighted by atomic mass is 16.6. The lowest BCUT2D eigenvalue weighted by atomic mass is 9.84. The first kappa shape index (κ1) is 84.6. The molecule has 9 N–H and O–H groups in total. The molecule has 1 aliphatic heterocycles. The number of nitrogens with one attached hydrogen (secondary N) is 6. The Bertz CT molecular complexity index is 2830. The number of carbonyl (C=O) groups excluding carboxylic acids is 9. The molecule has 0 aromatic heterocycles. The van der Waals surface area contributed by atoms with Gasteiger partial charge in [0.25, 0.3) is 0 Å². The molecule has 0 radical (unpaired) electrons. The standard InChI is InChI=1S/C69H113N13O16/c1-15-46(8)60(47(9)41-56(84)82-32-20-24-54(82)62(93-14)48(10)63(86)74-49(11)61(85)51-21-17-16-18-22-51)80(12)67(90)58(44(4)5)78-66(89)59(45(6)7)81(13)69(92)98-42-50-25-27-52(28-26-50)75-64(87)53(23-19-30-72-68(70)91)76-65(88)57(43(2)3)77-55(83)29-33-94-35-37-96-39-40-97-38-36-95-34-31-73-79-71/h16-18,21-22,25-28,43-49,53-54,57-62,85H,15,19-20,23-24,29-42H2,1-14H3,(H,74,86)(H,75,87)(H,76,88)(H,77,83)(H,78,89)(H3,70,72,91)/t46-,47?,48-,49-,53+,54+,57-,58+,59-,60-,61-,62-/m1/s1. The topological polar surface area (TPSA) is 386 Å². The number of hydrogen-bond donors (Lipinski definition) is 8. The lowest BCUT2D eigenvalue weighted by Crippen LogP contribution is -2.59. The van der Waals surface area contributed by atoms with Crippen molar-refractivity contribution in [3.05, 3.63) is 76.2 Å². The normalized spacial score (nSPS) is 16.3. The zero-order valence-electron chi connectivity index (χ0n) is 60.1. The fourth-order valence-electron chi connectivity index (χ4n) is 12.0. The number of primary amides is 1. The number of nitrogens with zero attached hydrogens (tertiary/aromatic N) is 6. The zero-order chi connectivity index (χ0) is 73.0. The smallest absolute Gasteiger partial charge is 0.410 e. The van der Waals surface area contributed by atoms with Crippen molar-refractivity contribution in [3.63, 3.8) is 0 Å². The molecule has 3 rings (SSSR count). The van der Waals surface area contributed by atoms with Crippen LogP contribution in [0.4, 0.5) is 15.3 Å². The highest BCUT2D eigenvalue weighted by Gasteiger charge is 2.43. The molecule has 98 heavy (non-hydrogen) atoms. The van der Waals surface area contributed by atoms with Crippen molar-refractivity contribution in [2.24, 2.45) is 46.4 Å². The van der Waals surface area contributed by atoms with E-state index in [-0.39, 0.29) is 113 Å². The van der Waals surface area contributed by atoms with Crippen molar-refractivity contribution >= 4 is 59.2 Å². The predicted molar refractivity (Wildman–Crippen MR) is 369 cm³/mol. The quantitative estimate of drug-likeness (QED) is 0.0164. The zero-order valence-corrected chi connectivity index (χ0v) is 60.1. The Balaban J connectivity index is 1.61. The van der Waals surface area contributed by atoms with Crippen LogP contribution in [0.25, 0.3) is 10.4 Å². The van der Waals surface area contributed by atoms with E-state index in [0.29, 0.717) is 69.2 Å². The van der Waals surface area contributed by atoms with E-state index in [1.807, 2.05) is 52.8 Å². The predicted octanol–water partition coefficient (Wildman–Crippen LogP) is 5.98. The Labute approximate surface area is 578 Å². The number of nitrogens with two attached hydrogens (primary N) is 1. The number of aliphatic hydroxyl groups is 1. The number of likely N-dealkylation sites (N-methyl/N-ethyl adjacent to an activating group) is 2. The van der Waals surface area contributed by atoms with Gasteiger partial charge in [-0.2, -0.15) is 0 Å². The van der Waals surface area contributed by atoms with E-state index in [1.165, 1.54) is 19.1 Å². The number of carbonyl (C=O) groups is 9. The summed E-state index contributed by atoms with van der Waals surface area (Å²) in [6.07, 6.45) is 0.0770. The van der Waals surface area contributed by atoms with E-state index in [2.05, 4.69) is 41.9 Å². The summed E-state index contributed by atoms with van der Waals surface area (Å²) in [6, 6.07) is 9.16. The first-order valence-corrected chi connectivity index (χ1v) is 34.3. The minimum atomic E-state index is -1.11. The molecule has 0 saturated carbocycles. The van der Waals surface area contributed by atoms with Crippen LogP contribution in [0.5, 0.6) is 0 Å². The van der Waals surface area contributed by atoms with Gasteiger partial charge in [0.2, 0.25) is 41.4 Å². The van der Waals surface area contributed by atoms with Gasteiger partial charge in [0.1, 0.15) is 30.8 Å². The van der Waals surface area contributed by atoms with Crippen molar-refractivity contribution < 1.29 is 76.7 Å². The van der Waals surface area contributed by atoms with Crippen LogP contribution < -0.4 is 37.6 Å². The third-order valence-electron chi connectivity index (χ3n) is 17.5. The molecule has 0 aliphatic carbocycles. The SMILES string of the molecule is CC[C@@H](C)[C@H](C(C)CC(=O)N1CCC[C@H]1[C@H](OC)[C@@H](C)C(=O)N[C@H](C)[C@@H](O)c1ccccc1)N(C)C(=O)[C@@H](NC(=O)[C@@H](C(C)C)N(C)C(=O)OCc1ccc(NC(=O)[C@H](CCCNC(N)=O)NC(=O)[C@H](NC(=O)CCOCCOCCOCCOCCN=[N+]=[N-])C(C)C)cc1)C(C)C. The number of urea groups is 1. The number of anilines is 1. The Hall–Kier alpha value is -7.66. The first-order chi connectivity index (χ1) is 46.6. The summed E-state index contributed by atoms with van der Waals surface area (Å²) in [4.78, 5) is 130. The molecule has 12 atom stereocenters. The van der Waals surface area contributed by atoms with Gasteiger partial charge >= 0.3 is 12.1 Å². The molecule has 1 unspecified atom stereocenters. The van der Waals surface area contributed by atoms with Crippen LogP contribution >= 0.6 is 0 Å². The Morgan fingerprint density at radius 3 is 1.88 bits per heavy atom. The molecule has 0 bridgehead atoms. The second-order valence-electron chi connectivity index (χ2n) is 26.2. The molecule has 1 fully saturated rings. The van der Waals surface area contributed by atoms with Crippen LogP contribution in [0.3, 0.4) is 0 Å². The molecule has 29 heteroatoms. The van der Waals surface area contributed by atoms with E-state index in [4.69, 9.17) is 39.7 Å². The number of aliphatic hydroxyl groups excluding tert-OH is 1. The molecular formula is C69H113N13O16. The summed E-state index contributed by atoms with van der Waals surface area (Å²) in [7, 11) is 4.68. The lowest BCUT2D eigenvalue weighted by molar-refractivity contribution is -0.144. The van der Waals surface area contributed by atoms with Crippen LogP contribution in [0.1, 0.15) is 138 Å². The Kier molecular flexibility index (Phi) is 38.9. The fourth-order valence-corrected chi connectivity index (χ4v) is 12.0. The van der Waals surface area contributed by atoms with Crippen molar-refractivity contribution in [3.8, 4) is 0 Å². The summed E-state index contributed by atoms with van der Waals surface area (Å²) < 4.78 is 33.4. The molecule has 29 nitrogen and oxygen atoms in total. The van der Waals surface area contributed by atoms with Gasteiger partial charge in [-0.05, 0) is 91.0 Å². The third kappa shape index (κ3) is 28.7. The summed E-state index contributed by atoms with van der Waals surface area (Å²) in [5.74, 6) is -5.22. The van der Waals surface area contributed by atoms with Gasteiger partial charge in [-0.25, -0.2) is 9.59 Å². The van der Waals surface area contributed by atoms with Gasteiger partial charge < -0.3 is 81.0 Å². The maximum atomic E-state index is 14.8. The summed E-state index contributed by atoms with van der Waals surface area (Å²) in [6.45, 7) is 23.1. The molecule has 1 heterocycles. The number of ether oxygens (including phenoxy) is 6. The molecule has 1 saturated heterocycles. The van der Waals surface area contributed by atoms with E-state index < -0.39 is 96.0 Å². The van der Waals surface area contributed by atoms with Gasteiger partial charge in [0.05, 0.1) is 83.1 Å². The molecule has 2 aromatic carbocycles. The number of amides is 10. The maximum absolute atomic E-state index is 14.8. The average Bonchev–Trinajstić information content (AvgIpc) is 1.41. The van der Waals surface area contributed by atoms with Crippen LogP contribution in [0, 0.1) is 35.5 Å². The van der Waals surface area contributed by atoms with E-state index >= 15 is 0 Å². The molecule has 550 valence electrons. The number of benzene rings is 2. The van der Waals surface area contributed by atoms with Crippen LogP contribution in [0.2, 0.25) is 0 Å². The van der Waals surface area contributed by atoms with Gasteiger partial charge in [-0.15, -0.1) is 0 Å². The summed E-state index contributed by atoms with van der Waals surface area (Å²) in [5.41, 5.74) is 15.1. The highest BCUT2D eigenvalue weighted by Crippen LogP contribution is 2.31. The number of hydrogen-bond acceptors (Lipinski definition) is 17. The minimum absolute atomic E-state index is 0.0475. The Morgan fingerprint density at radius 2 is 1.32 bits per heavy atom. The molecule has 2 aromatic rings. The minimum Gasteiger partial charge on any atom is -0.445 e. The molecule has 10 amide bonds. The third-order valence-corrected chi connectivity index (χ3v) is 17.5.